The van der Waals surface area contributed by atoms with Crippen LogP contribution in [0.2, 0.25) is 0 Å². The molecule has 0 aromatic carbocycles. The molecule has 19 unspecified atom stereocenters. The molecule has 1 fully saturated rings. The van der Waals surface area contributed by atoms with Crippen LogP contribution in [0.5, 0.6) is 0 Å². The van der Waals surface area contributed by atoms with Crippen LogP contribution in [0.4, 0.5) is 0 Å². The first-order valence-corrected chi connectivity index (χ1v) is 42.2. The molecule has 558 valence electrons. The first-order valence-electron chi connectivity index (χ1n) is 42.2. The van der Waals surface area contributed by atoms with Crippen molar-refractivity contribution in [2.24, 2.45) is 94.7 Å². The summed E-state index contributed by atoms with van der Waals surface area (Å²) >= 11 is 0. The molecule has 0 amide bonds. The highest BCUT2D eigenvalue weighted by Crippen LogP contribution is 2.31. The molecule has 1 heterocycles. The number of hydrogen-bond acceptors (Lipinski definition) is 6. The van der Waals surface area contributed by atoms with Crippen molar-refractivity contribution in [3.8, 4) is 0 Å². The van der Waals surface area contributed by atoms with Crippen molar-refractivity contribution < 1.29 is 29.2 Å². The molecule has 0 radical (unpaired) electrons. The van der Waals surface area contributed by atoms with Crippen molar-refractivity contribution in [2.75, 3.05) is 46.2 Å². The Morgan fingerprint density at radius 3 is 0.613 bits per heavy atom. The van der Waals surface area contributed by atoms with Crippen LogP contribution >= 0.6 is 0 Å². The smallest absolute Gasteiger partial charge is 0.106 e. The highest BCUT2D eigenvalue weighted by Gasteiger charge is 2.20. The van der Waals surface area contributed by atoms with Gasteiger partial charge in [-0.3, -0.25) is 0 Å². The maximum Gasteiger partial charge on any atom is 0.106 e. The fraction of sp³-hybridized carbons (Fsp3) is 1.00. The average Bonchev–Trinajstić information content (AvgIpc) is 3.65. The zero-order chi connectivity index (χ0) is 68.9. The Morgan fingerprint density at radius 1 is 0.237 bits per heavy atom. The van der Waals surface area contributed by atoms with E-state index in [0.29, 0.717) is 43.5 Å². The third-order valence-electron chi connectivity index (χ3n) is 23.8. The Balaban J connectivity index is 2.53. The van der Waals surface area contributed by atoms with E-state index in [1.54, 1.807) is 0 Å². The van der Waals surface area contributed by atoms with Crippen LogP contribution in [0, 0.1) is 94.7 Å². The normalized spacial score (nSPS) is 36.2. The lowest BCUT2D eigenvalue weighted by atomic mass is 9.88. The second kappa shape index (κ2) is 60.5. The largest absolute Gasteiger partial charge is 0.394 e. The molecule has 93 heavy (non-hydrogen) atoms. The van der Waals surface area contributed by atoms with Crippen LogP contribution in [0.1, 0.15) is 400 Å². The fourth-order valence-corrected chi connectivity index (χ4v) is 15.5. The van der Waals surface area contributed by atoms with E-state index < -0.39 is 6.10 Å². The minimum Gasteiger partial charge on any atom is -0.394 e. The zero-order valence-corrected chi connectivity index (χ0v) is 66.6. The summed E-state index contributed by atoms with van der Waals surface area (Å²) in [6.07, 6.45) is 58.4. The molecular weight excluding hydrogens is 1140 g/mol. The van der Waals surface area contributed by atoms with Gasteiger partial charge in [-0.05, 0) is 127 Å². The molecule has 0 aromatic heterocycles. The molecule has 6 heteroatoms. The van der Waals surface area contributed by atoms with Crippen LogP contribution in [0.3, 0.4) is 0 Å². The molecule has 0 aliphatic carbocycles. The quantitative estimate of drug-likeness (QED) is 0.287. The lowest BCUT2D eigenvalue weighted by Crippen LogP contribution is -2.32. The van der Waals surface area contributed by atoms with Gasteiger partial charge in [0.05, 0.1) is 25.9 Å². The molecule has 0 aromatic rings. The SMILES string of the molecule is CC1CCCC(C)CCCC(C)CCC(C)CCCC(C)CCCC(C)CCCC(C)CCOC(C(C)O)COCCC(C)CCCC(C)CCCC(C)CCCC(C)CCC(C)CCCC(C)CCCC(C)CCCC(C)CCOC(CO)COCCC(C)CCC1. The van der Waals surface area contributed by atoms with Crippen molar-refractivity contribution in [1.29, 1.82) is 0 Å². The summed E-state index contributed by atoms with van der Waals surface area (Å²) in [6, 6.07) is 0. The van der Waals surface area contributed by atoms with E-state index in [4.69, 9.17) is 18.9 Å². The lowest BCUT2D eigenvalue weighted by molar-refractivity contribution is -0.0770. The molecule has 1 saturated heterocycles. The van der Waals surface area contributed by atoms with Gasteiger partial charge < -0.3 is 29.2 Å². The van der Waals surface area contributed by atoms with Gasteiger partial charge in [0.25, 0.3) is 0 Å². The molecule has 6 nitrogen and oxygen atoms in total. The standard InChI is InChI=1S/C87H174O6/c1-69-30-18-34-73(5)42-26-50-81(13)58-62-90-67-86(66-88)92-64-60-83(15)52-28-44-75(7)36-20-32-71(3)40-24-48-79(11)56-54-78(10)47-23-39-70(2)31-19-35-74(6)43-27-51-82(14)59-63-91-68-87(85(17)89)93-65-61-84(16)53-29-45-76(8)37-21-33-72(4)41-25-49-80(12)57-55-77(9)46-22-38-69/h69-89H,18-68H2,1-17H3. The molecular formula is C87H174O6. The van der Waals surface area contributed by atoms with Gasteiger partial charge in [-0.15, -0.1) is 0 Å². The van der Waals surface area contributed by atoms with Gasteiger partial charge in [-0.2, -0.15) is 0 Å². The third kappa shape index (κ3) is 57.1. The molecule has 1 aliphatic heterocycles. The summed E-state index contributed by atoms with van der Waals surface area (Å²) in [5.74, 6) is 12.9. The summed E-state index contributed by atoms with van der Waals surface area (Å²) in [5, 5.41) is 20.5. The van der Waals surface area contributed by atoms with Crippen LogP contribution in [0.25, 0.3) is 0 Å². The fourth-order valence-electron chi connectivity index (χ4n) is 15.5. The molecule has 0 spiro atoms. The van der Waals surface area contributed by atoms with E-state index >= 15 is 0 Å². The van der Waals surface area contributed by atoms with Gasteiger partial charge in [-0.25, -0.2) is 0 Å². The summed E-state index contributed by atoms with van der Waals surface area (Å²) < 4.78 is 24.6. The van der Waals surface area contributed by atoms with Gasteiger partial charge >= 0.3 is 0 Å². The summed E-state index contributed by atoms with van der Waals surface area (Å²) in [6.45, 7) is 45.5. The Labute approximate surface area is 585 Å². The van der Waals surface area contributed by atoms with Gasteiger partial charge in [0, 0.05) is 26.4 Å². The molecule has 0 saturated carbocycles. The van der Waals surface area contributed by atoms with E-state index in [1.807, 2.05) is 6.92 Å². The number of hydrogen-bond donors (Lipinski definition) is 2. The average molecular weight is 1320 g/mol. The Bertz CT molecular complexity index is 1550. The monoisotopic (exact) mass is 1320 g/mol. The number of rotatable bonds is 2. The predicted octanol–water partition coefficient (Wildman–Crippen LogP) is 26.5. The zero-order valence-electron chi connectivity index (χ0n) is 66.6. The van der Waals surface area contributed by atoms with Gasteiger partial charge in [0.1, 0.15) is 12.2 Å². The molecule has 19 atom stereocenters. The highest BCUT2D eigenvalue weighted by atomic mass is 16.5. The van der Waals surface area contributed by atoms with Crippen molar-refractivity contribution in [3.05, 3.63) is 0 Å². The molecule has 0 bridgehead atoms. The Morgan fingerprint density at radius 2 is 0.409 bits per heavy atom. The Hall–Kier alpha value is -0.240. The van der Waals surface area contributed by atoms with Crippen molar-refractivity contribution in [1.82, 2.24) is 0 Å². The van der Waals surface area contributed by atoms with Crippen molar-refractivity contribution >= 4 is 0 Å². The van der Waals surface area contributed by atoms with Crippen LogP contribution in [-0.2, 0) is 18.9 Å². The lowest BCUT2D eigenvalue weighted by Gasteiger charge is -2.22. The highest BCUT2D eigenvalue weighted by molar-refractivity contribution is 4.71. The van der Waals surface area contributed by atoms with Crippen LogP contribution in [0.15, 0.2) is 0 Å². The van der Waals surface area contributed by atoms with Gasteiger partial charge in [-0.1, -0.05) is 368 Å². The molecule has 2 N–H and O–H groups in total. The van der Waals surface area contributed by atoms with E-state index in [9.17, 15) is 10.2 Å². The second-order valence-corrected chi connectivity index (χ2v) is 35.1. The number of aliphatic hydroxyl groups excluding tert-OH is 2. The van der Waals surface area contributed by atoms with Crippen LogP contribution in [-0.4, -0.2) is 74.8 Å². The first-order chi connectivity index (χ1) is 44.5. The minimum atomic E-state index is -0.511. The predicted molar refractivity (Wildman–Crippen MR) is 410 cm³/mol. The van der Waals surface area contributed by atoms with Gasteiger partial charge in [0.15, 0.2) is 0 Å². The maximum absolute atomic E-state index is 10.5. The van der Waals surface area contributed by atoms with Crippen LogP contribution < -0.4 is 0 Å². The first kappa shape index (κ1) is 90.8. The van der Waals surface area contributed by atoms with E-state index in [1.165, 1.54) is 257 Å². The minimum absolute atomic E-state index is 0.0413. The summed E-state index contributed by atoms with van der Waals surface area (Å²) in [4.78, 5) is 0. The second-order valence-electron chi connectivity index (χ2n) is 35.1. The van der Waals surface area contributed by atoms with E-state index in [-0.39, 0.29) is 18.8 Å². The Kier molecular flexibility index (Phi) is 59.1. The maximum atomic E-state index is 10.5. The third-order valence-corrected chi connectivity index (χ3v) is 23.8. The van der Waals surface area contributed by atoms with E-state index in [2.05, 4.69) is 111 Å². The summed E-state index contributed by atoms with van der Waals surface area (Å²) in [7, 11) is 0. The van der Waals surface area contributed by atoms with Gasteiger partial charge in [0.2, 0.25) is 0 Å². The van der Waals surface area contributed by atoms with Crippen molar-refractivity contribution in [2.45, 2.75) is 419 Å². The molecule has 1 aliphatic rings. The topological polar surface area (TPSA) is 77.4 Å². The molecule has 1 rings (SSSR count). The summed E-state index contributed by atoms with van der Waals surface area (Å²) in [5.41, 5.74) is 0. The van der Waals surface area contributed by atoms with Crippen molar-refractivity contribution in [3.63, 3.8) is 0 Å². The number of aliphatic hydroxyl groups is 2. The van der Waals surface area contributed by atoms with E-state index in [0.717, 1.165) is 117 Å². The number of ether oxygens (including phenoxy) is 4.